The summed E-state index contributed by atoms with van der Waals surface area (Å²) < 4.78 is 16.8. The highest BCUT2D eigenvalue weighted by Crippen LogP contribution is 2.40. The molecule has 1 aromatic carbocycles. The average molecular weight is 446 g/mol. The van der Waals surface area contributed by atoms with Crippen molar-refractivity contribution in [2.24, 2.45) is 4.99 Å². The number of nitrogens with zero attached hydrogens (tertiary/aromatic N) is 1. The van der Waals surface area contributed by atoms with Crippen LogP contribution in [0.4, 0.5) is 0 Å². The van der Waals surface area contributed by atoms with Crippen LogP contribution in [0, 0.1) is 0 Å². The molecular weight excluding hydrogens is 414 g/mol. The van der Waals surface area contributed by atoms with E-state index < -0.39 is 5.60 Å². The number of rotatable bonds is 7. The van der Waals surface area contributed by atoms with Gasteiger partial charge in [0.15, 0.2) is 17.5 Å². The molecule has 3 N–H and O–H groups in total. The maximum atomic E-state index is 10.8. The van der Waals surface area contributed by atoms with Crippen molar-refractivity contribution < 1.29 is 19.3 Å². The van der Waals surface area contributed by atoms with Gasteiger partial charge in [0.1, 0.15) is 5.60 Å². The molecule has 0 amide bonds. The summed E-state index contributed by atoms with van der Waals surface area (Å²) in [7, 11) is 0. The summed E-state index contributed by atoms with van der Waals surface area (Å²) in [6, 6.07) is 8.16. The summed E-state index contributed by atoms with van der Waals surface area (Å²) in [5.41, 5.74) is 1.01. The molecule has 0 aliphatic carbocycles. The van der Waals surface area contributed by atoms with Crippen LogP contribution in [0.25, 0.3) is 0 Å². The highest BCUT2D eigenvalue weighted by molar-refractivity contribution is 7.08. The van der Waals surface area contributed by atoms with Crippen molar-refractivity contribution in [1.29, 1.82) is 0 Å². The van der Waals surface area contributed by atoms with Gasteiger partial charge in [-0.05, 0) is 66.8 Å². The first-order chi connectivity index (χ1) is 15.0. The van der Waals surface area contributed by atoms with Crippen LogP contribution >= 0.6 is 11.3 Å². The zero-order valence-corrected chi connectivity index (χ0v) is 19.0. The van der Waals surface area contributed by atoms with Crippen molar-refractivity contribution in [3.8, 4) is 11.5 Å². The fourth-order valence-electron chi connectivity index (χ4n) is 4.05. The molecule has 0 bridgehead atoms. The lowest BCUT2D eigenvalue weighted by Crippen LogP contribution is -2.48. The van der Waals surface area contributed by atoms with E-state index in [0.717, 1.165) is 49.7 Å². The van der Waals surface area contributed by atoms with E-state index in [1.807, 2.05) is 29.8 Å². The Morgan fingerprint density at radius 3 is 2.74 bits per heavy atom. The predicted octanol–water partition coefficient (Wildman–Crippen LogP) is 2.99. The number of hydrogen-bond donors (Lipinski definition) is 3. The van der Waals surface area contributed by atoms with Gasteiger partial charge in [-0.2, -0.15) is 11.3 Å². The molecule has 8 heteroatoms. The van der Waals surface area contributed by atoms with Gasteiger partial charge in [-0.15, -0.1) is 0 Å². The van der Waals surface area contributed by atoms with Gasteiger partial charge in [0.2, 0.25) is 6.79 Å². The van der Waals surface area contributed by atoms with Crippen LogP contribution in [0.15, 0.2) is 40.0 Å². The Morgan fingerprint density at radius 1 is 1.19 bits per heavy atom. The summed E-state index contributed by atoms with van der Waals surface area (Å²) in [5.74, 6) is 2.30. The van der Waals surface area contributed by atoms with Crippen LogP contribution in [0.1, 0.15) is 37.8 Å². The zero-order valence-electron chi connectivity index (χ0n) is 18.1. The molecule has 1 unspecified atom stereocenters. The predicted molar refractivity (Wildman–Crippen MR) is 122 cm³/mol. The van der Waals surface area contributed by atoms with E-state index in [2.05, 4.69) is 27.8 Å². The molecule has 2 aliphatic rings. The first-order valence-corrected chi connectivity index (χ1v) is 11.7. The van der Waals surface area contributed by atoms with Crippen molar-refractivity contribution in [3.63, 3.8) is 0 Å². The molecule has 0 radical (unpaired) electrons. The topological polar surface area (TPSA) is 84.3 Å². The monoisotopic (exact) mass is 445 g/mol. The summed E-state index contributed by atoms with van der Waals surface area (Å²) in [6.45, 7) is 7.28. The number of aliphatic imine (C=N–C) groups is 1. The van der Waals surface area contributed by atoms with Crippen LogP contribution in [-0.4, -0.2) is 50.7 Å². The Morgan fingerprint density at radius 2 is 2.00 bits per heavy atom. The zero-order chi connectivity index (χ0) is 21.7. The maximum absolute atomic E-state index is 10.8. The summed E-state index contributed by atoms with van der Waals surface area (Å²) >= 11 is 1.57. The van der Waals surface area contributed by atoms with Gasteiger partial charge in [-0.1, -0.05) is 6.07 Å². The van der Waals surface area contributed by atoms with Crippen LogP contribution < -0.4 is 20.1 Å². The molecule has 7 nitrogen and oxygen atoms in total. The largest absolute Gasteiger partial charge is 0.454 e. The van der Waals surface area contributed by atoms with Gasteiger partial charge in [0.25, 0.3) is 0 Å². The summed E-state index contributed by atoms with van der Waals surface area (Å²) in [4.78, 5) is 4.68. The molecule has 1 fully saturated rings. The number of benzene rings is 1. The minimum absolute atomic E-state index is 0.0920. The molecule has 0 spiro atoms. The molecule has 1 atom stereocenters. The van der Waals surface area contributed by atoms with Gasteiger partial charge in [-0.3, -0.25) is 0 Å². The number of ether oxygens (including phenoxy) is 3. The third-order valence-corrected chi connectivity index (χ3v) is 6.74. The molecular formula is C23H31N3O4S. The Hall–Kier alpha value is -2.29. The number of hydrogen-bond acceptors (Lipinski definition) is 6. The Bertz CT molecular complexity index is 892. The fraction of sp³-hybridized carbons (Fsp3) is 0.522. The standard InChI is InChI=1S/C23H31N3O4S/c1-3-24-21(25-14-22(2,27)18-6-11-31-13-18)26-15-23(7-9-28-10-8-23)17-4-5-19-20(12-17)30-16-29-19/h4-6,11-13,27H,3,7-10,14-16H2,1-2H3,(H2,24,25,26). The first-order valence-electron chi connectivity index (χ1n) is 10.8. The van der Waals surface area contributed by atoms with Crippen molar-refractivity contribution in [2.45, 2.75) is 37.7 Å². The first kappa shape index (κ1) is 21.9. The second-order valence-corrected chi connectivity index (χ2v) is 9.08. The van der Waals surface area contributed by atoms with Gasteiger partial charge in [0, 0.05) is 31.7 Å². The summed E-state index contributed by atoms with van der Waals surface area (Å²) in [5, 5.41) is 21.6. The van der Waals surface area contributed by atoms with Gasteiger partial charge in [0.05, 0.1) is 6.54 Å². The smallest absolute Gasteiger partial charge is 0.231 e. The van der Waals surface area contributed by atoms with Crippen LogP contribution in [-0.2, 0) is 15.8 Å². The quantitative estimate of drug-likeness (QED) is 0.449. The van der Waals surface area contributed by atoms with E-state index in [1.165, 1.54) is 5.56 Å². The molecule has 2 aliphatic heterocycles. The number of fused-ring (bicyclic) bond motifs is 1. The van der Waals surface area contributed by atoms with Crippen LogP contribution in [0.2, 0.25) is 0 Å². The fourth-order valence-corrected chi connectivity index (χ4v) is 4.83. The van der Waals surface area contributed by atoms with Gasteiger partial charge < -0.3 is 30.0 Å². The number of nitrogens with one attached hydrogen (secondary N) is 2. The SMILES string of the molecule is CCNC(=NCC(C)(O)c1ccsc1)NCC1(c2ccc3c(c2)OCO3)CCOCC1. The number of thiophene rings is 1. The maximum Gasteiger partial charge on any atom is 0.231 e. The van der Waals surface area contributed by atoms with Crippen molar-refractivity contribution in [3.05, 3.63) is 46.2 Å². The molecule has 4 rings (SSSR count). The van der Waals surface area contributed by atoms with E-state index in [-0.39, 0.29) is 18.8 Å². The third-order valence-electron chi connectivity index (χ3n) is 6.06. The van der Waals surface area contributed by atoms with Gasteiger partial charge >= 0.3 is 0 Å². The second-order valence-electron chi connectivity index (χ2n) is 8.30. The Kier molecular flexibility index (Phi) is 6.69. The molecule has 1 aromatic heterocycles. The molecule has 2 aromatic rings. The summed E-state index contributed by atoms with van der Waals surface area (Å²) in [6.07, 6.45) is 1.82. The van der Waals surface area contributed by atoms with Crippen molar-refractivity contribution in [2.75, 3.05) is 39.6 Å². The molecule has 3 heterocycles. The number of aliphatic hydroxyl groups is 1. The van der Waals surface area contributed by atoms with Gasteiger partial charge in [-0.25, -0.2) is 4.99 Å². The Labute approximate surface area is 187 Å². The van der Waals surface area contributed by atoms with E-state index in [9.17, 15) is 5.11 Å². The van der Waals surface area contributed by atoms with Crippen LogP contribution in [0.3, 0.4) is 0 Å². The van der Waals surface area contributed by atoms with E-state index >= 15 is 0 Å². The molecule has 1 saturated heterocycles. The second kappa shape index (κ2) is 9.46. The van der Waals surface area contributed by atoms with Crippen molar-refractivity contribution in [1.82, 2.24) is 10.6 Å². The highest BCUT2D eigenvalue weighted by Gasteiger charge is 2.36. The minimum Gasteiger partial charge on any atom is -0.454 e. The lowest BCUT2D eigenvalue weighted by Gasteiger charge is -2.38. The average Bonchev–Trinajstić information content (AvgIpc) is 3.48. The molecule has 0 saturated carbocycles. The molecule has 168 valence electrons. The van der Waals surface area contributed by atoms with Crippen LogP contribution in [0.5, 0.6) is 11.5 Å². The lowest BCUT2D eigenvalue weighted by atomic mass is 9.74. The van der Waals surface area contributed by atoms with E-state index in [4.69, 9.17) is 14.2 Å². The van der Waals surface area contributed by atoms with E-state index in [0.29, 0.717) is 12.5 Å². The van der Waals surface area contributed by atoms with E-state index in [1.54, 1.807) is 18.3 Å². The lowest BCUT2D eigenvalue weighted by molar-refractivity contribution is 0.0512. The number of guanidine groups is 1. The normalized spacial score (nSPS) is 19.6. The molecule has 31 heavy (non-hydrogen) atoms. The van der Waals surface area contributed by atoms with Crippen molar-refractivity contribution >= 4 is 17.3 Å². The third kappa shape index (κ3) is 4.97. The Balaban J connectivity index is 1.51. The highest BCUT2D eigenvalue weighted by atomic mass is 32.1. The minimum atomic E-state index is -1.00.